The standard InChI is InChI=1S/C15H21FN2O2S/c16-15-4-1-12(10-17-14-2-3-14)9-13(15)11-18-5-7-21(19,20)8-6-18/h1,4,9,14,17H,2-3,5-8,10-11H2. The molecule has 1 heterocycles. The average molecular weight is 312 g/mol. The quantitative estimate of drug-likeness (QED) is 0.890. The number of rotatable bonds is 5. The second-order valence-corrected chi connectivity index (χ2v) is 8.31. The SMILES string of the molecule is O=S1(=O)CCN(Cc2cc(CNC3CC3)ccc2F)CC1. The number of nitrogens with zero attached hydrogens (tertiary/aromatic N) is 1. The normalized spacial score (nSPS) is 22.3. The van der Waals surface area contributed by atoms with Gasteiger partial charge in [0.05, 0.1) is 11.5 Å². The first-order chi connectivity index (χ1) is 10.0. The molecular formula is C15H21FN2O2S. The van der Waals surface area contributed by atoms with Gasteiger partial charge >= 0.3 is 0 Å². The van der Waals surface area contributed by atoms with Crippen LogP contribution in [0.5, 0.6) is 0 Å². The lowest BCUT2D eigenvalue weighted by Gasteiger charge is -2.26. The zero-order valence-electron chi connectivity index (χ0n) is 12.0. The van der Waals surface area contributed by atoms with Gasteiger partial charge in [0.2, 0.25) is 0 Å². The number of nitrogens with one attached hydrogen (secondary N) is 1. The van der Waals surface area contributed by atoms with E-state index < -0.39 is 9.84 Å². The maximum atomic E-state index is 13.9. The van der Waals surface area contributed by atoms with Crippen LogP contribution < -0.4 is 5.32 Å². The van der Waals surface area contributed by atoms with Crippen LogP contribution in [0.15, 0.2) is 18.2 Å². The zero-order valence-corrected chi connectivity index (χ0v) is 12.8. The van der Waals surface area contributed by atoms with Crippen molar-refractivity contribution in [2.75, 3.05) is 24.6 Å². The minimum Gasteiger partial charge on any atom is -0.310 e. The zero-order chi connectivity index (χ0) is 14.9. The Morgan fingerprint density at radius 2 is 1.95 bits per heavy atom. The van der Waals surface area contributed by atoms with Gasteiger partial charge < -0.3 is 5.32 Å². The Kier molecular flexibility index (Phi) is 4.28. The molecule has 3 rings (SSSR count). The molecule has 1 aliphatic heterocycles. The smallest absolute Gasteiger partial charge is 0.152 e. The molecule has 6 heteroatoms. The molecule has 2 fully saturated rings. The largest absolute Gasteiger partial charge is 0.310 e. The lowest BCUT2D eigenvalue weighted by atomic mass is 10.1. The summed E-state index contributed by atoms with van der Waals surface area (Å²) in [5, 5.41) is 3.42. The molecule has 0 aromatic heterocycles. The Bertz CT molecular complexity index is 600. The average Bonchev–Trinajstić information content (AvgIpc) is 3.26. The molecule has 1 aliphatic carbocycles. The first-order valence-electron chi connectivity index (χ1n) is 7.45. The van der Waals surface area contributed by atoms with Crippen LogP contribution in [0.2, 0.25) is 0 Å². The molecule has 0 unspecified atom stereocenters. The van der Waals surface area contributed by atoms with Crippen molar-refractivity contribution in [3.8, 4) is 0 Å². The van der Waals surface area contributed by atoms with Crippen LogP contribution in [0.3, 0.4) is 0 Å². The monoisotopic (exact) mass is 312 g/mol. The van der Waals surface area contributed by atoms with E-state index in [1.54, 1.807) is 0 Å². The van der Waals surface area contributed by atoms with Crippen LogP contribution in [-0.4, -0.2) is 44.0 Å². The summed E-state index contributed by atoms with van der Waals surface area (Å²) < 4.78 is 36.8. The minimum absolute atomic E-state index is 0.178. The maximum absolute atomic E-state index is 13.9. The third-order valence-electron chi connectivity index (χ3n) is 4.11. The molecule has 0 amide bonds. The van der Waals surface area contributed by atoms with Gasteiger partial charge in [0.25, 0.3) is 0 Å². The van der Waals surface area contributed by atoms with Crippen molar-refractivity contribution >= 4 is 9.84 Å². The molecule has 0 atom stereocenters. The van der Waals surface area contributed by atoms with E-state index in [-0.39, 0.29) is 17.3 Å². The molecular weight excluding hydrogens is 291 g/mol. The van der Waals surface area contributed by atoms with E-state index in [4.69, 9.17) is 0 Å². The third-order valence-corrected chi connectivity index (χ3v) is 5.72. The molecule has 1 N–H and O–H groups in total. The summed E-state index contributed by atoms with van der Waals surface area (Å²) >= 11 is 0. The number of sulfone groups is 1. The molecule has 1 aromatic rings. The van der Waals surface area contributed by atoms with Gasteiger partial charge in [-0.1, -0.05) is 12.1 Å². The van der Waals surface area contributed by atoms with Gasteiger partial charge in [-0.25, -0.2) is 12.8 Å². The van der Waals surface area contributed by atoms with Crippen LogP contribution in [0.1, 0.15) is 24.0 Å². The Hall–Kier alpha value is -0.980. The Labute approximate surface area is 125 Å². The summed E-state index contributed by atoms with van der Waals surface area (Å²) in [6, 6.07) is 5.86. The molecule has 0 bridgehead atoms. The second kappa shape index (κ2) is 6.02. The molecule has 1 aromatic carbocycles. The third kappa shape index (κ3) is 4.25. The van der Waals surface area contributed by atoms with Crippen LogP contribution in [0.4, 0.5) is 4.39 Å². The van der Waals surface area contributed by atoms with E-state index in [1.807, 2.05) is 17.0 Å². The molecule has 1 saturated carbocycles. The maximum Gasteiger partial charge on any atom is 0.152 e. The van der Waals surface area contributed by atoms with Crippen LogP contribution in [0, 0.1) is 5.82 Å². The molecule has 1 saturated heterocycles. The Morgan fingerprint density at radius 3 is 2.62 bits per heavy atom. The fourth-order valence-corrected chi connectivity index (χ4v) is 3.83. The predicted molar refractivity (Wildman–Crippen MR) is 80.2 cm³/mol. The van der Waals surface area contributed by atoms with E-state index >= 15 is 0 Å². The van der Waals surface area contributed by atoms with Gasteiger partial charge in [-0.2, -0.15) is 0 Å². The Morgan fingerprint density at radius 1 is 1.24 bits per heavy atom. The van der Waals surface area contributed by atoms with Crippen molar-refractivity contribution in [3.05, 3.63) is 35.1 Å². The molecule has 21 heavy (non-hydrogen) atoms. The highest BCUT2D eigenvalue weighted by Gasteiger charge is 2.23. The first kappa shape index (κ1) is 14.9. The van der Waals surface area contributed by atoms with Gasteiger partial charge in [0, 0.05) is 37.8 Å². The van der Waals surface area contributed by atoms with Gasteiger partial charge in [0.1, 0.15) is 5.82 Å². The number of benzene rings is 1. The predicted octanol–water partition coefficient (Wildman–Crippen LogP) is 1.31. The fraction of sp³-hybridized carbons (Fsp3) is 0.600. The molecule has 0 radical (unpaired) electrons. The number of hydrogen-bond donors (Lipinski definition) is 1. The molecule has 4 nitrogen and oxygen atoms in total. The number of halogens is 1. The van der Waals surface area contributed by atoms with E-state index in [1.165, 1.54) is 18.9 Å². The van der Waals surface area contributed by atoms with Crippen LogP contribution in [-0.2, 0) is 22.9 Å². The highest BCUT2D eigenvalue weighted by Crippen LogP contribution is 2.20. The van der Waals surface area contributed by atoms with Crippen molar-refractivity contribution in [1.29, 1.82) is 0 Å². The summed E-state index contributed by atoms with van der Waals surface area (Å²) in [4.78, 5) is 2.01. The molecule has 116 valence electrons. The van der Waals surface area contributed by atoms with Gasteiger partial charge in [0.15, 0.2) is 9.84 Å². The van der Waals surface area contributed by atoms with E-state index in [2.05, 4.69) is 5.32 Å². The topological polar surface area (TPSA) is 49.4 Å². The lowest BCUT2D eigenvalue weighted by Crippen LogP contribution is -2.39. The summed E-state index contributed by atoms with van der Waals surface area (Å²) in [5.74, 6) is 0.147. The van der Waals surface area contributed by atoms with E-state index in [9.17, 15) is 12.8 Å². The van der Waals surface area contributed by atoms with Crippen molar-refractivity contribution in [2.45, 2.75) is 32.0 Å². The van der Waals surface area contributed by atoms with Gasteiger partial charge in [-0.05, 0) is 24.5 Å². The van der Waals surface area contributed by atoms with E-state index in [0.29, 0.717) is 31.2 Å². The van der Waals surface area contributed by atoms with Gasteiger partial charge in [-0.3, -0.25) is 4.90 Å². The van der Waals surface area contributed by atoms with Crippen molar-refractivity contribution in [2.24, 2.45) is 0 Å². The highest BCUT2D eigenvalue weighted by atomic mass is 32.2. The highest BCUT2D eigenvalue weighted by molar-refractivity contribution is 7.91. The minimum atomic E-state index is -2.88. The number of hydrogen-bond acceptors (Lipinski definition) is 4. The van der Waals surface area contributed by atoms with Crippen molar-refractivity contribution in [3.63, 3.8) is 0 Å². The van der Waals surface area contributed by atoms with Crippen molar-refractivity contribution < 1.29 is 12.8 Å². The Balaban J connectivity index is 1.62. The fourth-order valence-electron chi connectivity index (χ4n) is 2.56. The summed E-state index contributed by atoms with van der Waals surface area (Å²) in [6.07, 6.45) is 2.46. The van der Waals surface area contributed by atoms with Crippen LogP contribution in [0.25, 0.3) is 0 Å². The summed E-state index contributed by atoms with van der Waals surface area (Å²) in [7, 11) is -2.88. The first-order valence-corrected chi connectivity index (χ1v) is 9.27. The van der Waals surface area contributed by atoms with E-state index in [0.717, 1.165) is 12.1 Å². The van der Waals surface area contributed by atoms with Crippen molar-refractivity contribution in [1.82, 2.24) is 10.2 Å². The van der Waals surface area contributed by atoms with Crippen LogP contribution >= 0.6 is 0 Å². The summed E-state index contributed by atoms with van der Waals surface area (Å²) in [5.41, 5.74) is 1.74. The summed E-state index contributed by atoms with van der Waals surface area (Å²) in [6.45, 7) is 2.24. The molecule has 0 spiro atoms. The second-order valence-electron chi connectivity index (χ2n) is 6.01. The lowest BCUT2D eigenvalue weighted by molar-refractivity contribution is 0.283. The molecule has 2 aliphatic rings. The van der Waals surface area contributed by atoms with Gasteiger partial charge in [-0.15, -0.1) is 0 Å².